The van der Waals surface area contributed by atoms with Gasteiger partial charge in [0.15, 0.2) is 0 Å². The van der Waals surface area contributed by atoms with Gasteiger partial charge < -0.3 is 15.8 Å². The van der Waals surface area contributed by atoms with Gasteiger partial charge >= 0.3 is 0 Å². The molecule has 0 aliphatic carbocycles. The van der Waals surface area contributed by atoms with E-state index >= 15 is 0 Å². The molecule has 4 nitrogen and oxygen atoms in total. The molecule has 1 aromatic heterocycles. The topological polar surface area (TPSA) is 64.4 Å². The summed E-state index contributed by atoms with van der Waals surface area (Å²) in [6.45, 7) is 3.64. The van der Waals surface area contributed by atoms with E-state index in [0.29, 0.717) is 18.0 Å². The number of nitrogens with two attached hydrogens (primary N) is 1. The Labute approximate surface area is 117 Å². The van der Waals surface area contributed by atoms with Gasteiger partial charge in [-0.1, -0.05) is 11.8 Å². The quantitative estimate of drug-likeness (QED) is 0.821. The molecule has 1 aliphatic heterocycles. The predicted molar refractivity (Wildman–Crippen MR) is 76.2 cm³/mol. The number of carbonyl (C=O) groups excluding carboxylic acids is 1. The first-order valence-corrected chi connectivity index (χ1v) is 7.21. The Balaban J connectivity index is 1.98. The maximum atomic E-state index is 12.1. The van der Waals surface area contributed by atoms with E-state index in [9.17, 15) is 4.79 Å². The zero-order valence-electron chi connectivity index (χ0n) is 11.0. The minimum Gasteiger partial charge on any atom is -0.373 e. The summed E-state index contributed by atoms with van der Waals surface area (Å²) in [5.74, 6) is 5.60. The van der Waals surface area contributed by atoms with Crippen LogP contribution in [-0.2, 0) is 4.74 Å². The van der Waals surface area contributed by atoms with E-state index in [1.807, 2.05) is 18.4 Å². The maximum absolute atomic E-state index is 12.1. The van der Waals surface area contributed by atoms with Crippen LogP contribution in [0.4, 0.5) is 0 Å². The largest absolute Gasteiger partial charge is 0.373 e. The first-order valence-electron chi connectivity index (χ1n) is 6.33. The molecule has 2 rings (SSSR count). The molecule has 0 bridgehead atoms. The number of ether oxygens (including phenoxy) is 1. The molecule has 19 heavy (non-hydrogen) atoms. The molecular weight excluding hydrogens is 260 g/mol. The molecule has 3 N–H and O–H groups in total. The van der Waals surface area contributed by atoms with Gasteiger partial charge in [0.25, 0.3) is 5.91 Å². The van der Waals surface area contributed by atoms with Crippen LogP contribution in [0.1, 0.15) is 35.0 Å². The molecule has 1 atom stereocenters. The third-order valence-electron chi connectivity index (χ3n) is 3.12. The summed E-state index contributed by atoms with van der Waals surface area (Å²) in [6.07, 6.45) is 2.04. The Morgan fingerprint density at radius 3 is 3.21 bits per heavy atom. The van der Waals surface area contributed by atoms with Gasteiger partial charge in [0.2, 0.25) is 0 Å². The van der Waals surface area contributed by atoms with Gasteiger partial charge in [-0.25, -0.2) is 0 Å². The maximum Gasteiger partial charge on any atom is 0.262 e. The van der Waals surface area contributed by atoms with E-state index < -0.39 is 0 Å². The Hall–Kier alpha value is -1.35. The third-order valence-corrected chi connectivity index (χ3v) is 4.03. The zero-order chi connectivity index (χ0) is 13.7. The van der Waals surface area contributed by atoms with Gasteiger partial charge in [0.05, 0.1) is 12.1 Å². The van der Waals surface area contributed by atoms with E-state index in [0.717, 1.165) is 25.0 Å². The van der Waals surface area contributed by atoms with Crippen molar-refractivity contribution in [2.45, 2.75) is 25.4 Å². The molecule has 1 aliphatic rings. The van der Waals surface area contributed by atoms with E-state index in [1.165, 1.54) is 11.3 Å². The highest BCUT2D eigenvalue weighted by Gasteiger charge is 2.30. The van der Waals surface area contributed by atoms with Crippen LogP contribution in [-0.4, -0.2) is 31.2 Å². The standard InChI is InChI=1S/C14H18N2O2S/c1-14(6-3-8-18-14)10-16-13(17)12-11(4-2-7-15)5-9-19-12/h5,9H,3,6-8,10,15H2,1H3,(H,16,17). The van der Waals surface area contributed by atoms with Gasteiger partial charge in [0.1, 0.15) is 4.88 Å². The first-order chi connectivity index (χ1) is 9.14. The van der Waals surface area contributed by atoms with E-state index in [4.69, 9.17) is 10.5 Å². The van der Waals surface area contributed by atoms with Gasteiger partial charge in [-0.15, -0.1) is 11.3 Å². The first kappa shape index (κ1) is 14.1. The number of amides is 1. The fourth-order valence-electron chi connectivity index (χ4n) is 2.05. The Morgan fingerprint density at radius 1 is 1.68 bits per heavy atom. The van der Waals surface area contributed by atoms with Crippen molar-refractivity contribution in [2.24, 2.45) is 5.73 Å². The lowest BCUT2D eigenvalue weighted by Gasteiger charge is -2.23. The Bertz CT molecular complexity index is 507. The van der Waals surface area contributed by atoms with Crippen molar-refractivity contribution in [1.29, 1.82) is 0 Å². The second kappa shape index (κ2) is 6.20. The summed E-state index contributed by atoms with van der Waals surface area (Å²) in [5, 5.41) is 4.80. The molecule has 0 radical (unpaired) electrons. The number of hydrogen-bond acceptors (Lipinski definition) is 4. The molecule has 2 heterocycles. The second-order valence-electron chi connectivity index (χ2n) is 4.75. The number of rotatable bonds is 3. The molecule has 1 fully saturated rings. The summed E-state index contributed by atoms with van der Waals surface area (Å²) < 4.78 is 5.65. The lowest BCUT2D eigenvalue weighted by Crippen LogP contribution is -2.40. The smallest absolute Gasteiger partial charge is 0.262 e. The SMILES string of the molecule is CC1(CNC(=O)c2sccc2C#CCN)CCCO1. The Kier molecular flexibility index (Phi) is 4.59. The lowest BCUT2D eigenvalue weighted by molar-refractivity contribution is 0.0206. The molecule has 1 saturated heterocycles. The van der Waals surface area contributed by atoms with Crippen LogP contribution in [0.15, 0.2) is 11.4 Å². The molecule has 5 heteroatoms. The Morgan fingerprint density at radius 2 is 2.53 bits per heavy atom. The third kappa shape index (κ3) is 3.57. The molecule has 1 unspecified atom stereocenters. The molecule has 102 valence electrons. The van der Waals surface area contributed by atoms with Crippen LogP contribution in [0.25, 0.3) is 0 Å². The number of nitrogens with one attached hydrogen (secondary N) is 1. The van der Waals surface area contributed by atoms with Crippen molar-refractivity contribution < 1.29 is 9.53 Å². The predicted octanol–water partition coefficient (Wildman–Crippen LogP) is 1.36. The van der Waals surface area contributed by atoms with Crippen molar-refractivity contribution in [1.82, 2.24) is 5.32 Å². The van der Waals surface area contributed by atoms with Crippen molar-refractivity contribution in [3.05, 3.63) is 21.9 Å². The fraction of sp³-hybridized carbons (Fsp3) is 0.500. The summed E-state index contributed by atoms with van der Waals surface area (Å²) in [6, 6.07) is 1.84. The van der Waals surface area contributed by atoms with Gasteiger partial charge in [-0.05, 0) is 31.2 Å². The normalized spacial score (nSPS) is 21.8. The summed E-state index contributed by atoms with van der Waals surface area (Å²) >= 11 is 1.39. The van der Waals surface area contributed by atoms with Gasteiger partial charge in [-0.3, -0.25) is 4.79 Å². The number of carbonyl (C=O) groups is 1. The summed E-state index contributed by atoms with van der Waals surface area (Å²) in [5.41, 5.74) is 5.86. The molecule has 0 spiro atoms. The molecule has 0 aromatic carbocycles. The summed E-state index contributed by atoms with van der Waals surface area (Å²) in [4.78, 5) is 12.8. The van der Waals surface area contributed by atoms with Crippen LogP contribution >= 0.6 is 11.3 Å². The van der Waals surface area contributed by atoms with Crippen molar-refractivity contribution >= 4 is 17.2 Å². The monoisotopic (exact) mass is 278 g/mol. The average molecular weight is 278 g/mol. The van der Waals surface area contributed by atoms with Crippen LogP contribution in [0.3, 0.4) is 0 Å². The molecular formula is C14H18N2O2S. The zero-order valence-corrected chi connectivity index (χ0v) is 11.8. The van der Waals surface area contributed by atoms with Crippen molar-refractivity contribution in [2.75, 3.05) is 19.7 Å². The average Bonchev–Trinajstić information content (AvgIpc) is 3.03. The highest BCUT2D eigenvalue weighted by atomic mass is 32.1. The summed E-state index contributed by atoms with van der Waals surface area (Å²) in [7, 11) is 0. The minimum atomic E-state index is -0.226. The van der Waals surface area contributed by atoms with Crippen LogP contribution in [0.2, 0.25) is 0 Å². The van der Waals surface area contributed by atoms with Gasteiger partial charge in [-0.2, -0.15) is 0 Å². The molecule has 1 aromatic rings. The fourth-order valence-corrected chi connectivity index (χ4v) is 2.82. The van der Waals surface area contributed by atoms with Crippen molar-refractivity contribution in [3.63, 3.8) is 0 Å². The van der Waals surface area contributed by atoms with Gasteiger partial charge in [0, 0.05) is 18.7 Å². The number of hydrogen-bond donors (Lipinski definition) is 2. The van der Waals surface area contributed by atoms with Crippen molar-refractivity contribution in [3.8, 4) is 11.8 Å². The highest BCUT2D eigenvalue weighted by molar-refractivity contribution is 7.12. The van der Waals surface area contributed by atoms with Crippen LogP contribution in [0.5, 0.6) is 0 Å². The van der Waals surface area contributed by atoms with Crippen LogP contribution in [0, 0.1) is 11.8 Å². The molecule has 1 amide bonds. The molecule has 0 saturated carbocycles. The van der Waals surface area contributed by atoms with Crippen LogP contribution < -0.4 is 11.1 Å². The highest BCUT2D eigenvalue weighted by Crippen LogP contribution is 2.24. The lowest BCUT2D eigenvalue weighted by atomic mass is 10.0. The second-order valence-corrected chi connectivity index (χ2v) is 5.67. The minimum absolute atomic E-state index is 0.0898. The van der Waals surface area contributed by atoms with E-state index in [1.54, 1.807) is 0 Å². The van der Waals surface area contributed by atoms with E-state index in [-0.39, 0.29) is 11.5 Å². The van der Waals surface area contributed by atoms with E-state index in [2.05, 4.69) is 17.2 Å². The number of thiophene rings is 1.